The van der Waals surface area contributed by atoms with Crippen LogP contribution in [0.2, 0.25) is 0 Å². The number of fused-ring (bicyclic) bond motifs is 1. The van der Waals surface area contributed by atoms with Crippen LogP contribution in [0, 0.1) is 6.92 Å². The van der Waals surface area contributed by atoms with Gasteiger partial charge in [-0.25, -0.2) is 0 Å². The second-order valence-electron chi connectivity index (χ2n) is 8.19. The van der Waals surface area contributed by atoms with Crippen LogP contribution in [0.25, 0.3) is 0 Å². The number of benzene rings is 2. The van der Waals surface area contributed by atoms with E-state index in [0.29, 0.717) is 25.1 Å². The van der Waals surface area contributed by atoms with E-state index in [-0.39, 0.29) is 24.6 Å². The Bertz CT molecular complexity index is 927. The molecule has 0 saturated heterocycles. The van der Waals surface area contributed by atoms with E-state index in [4.69, 9.17) is 9.47 Å². The van der Waals surface area contributed by atoms with E-state index < -0.39 is 6.04 Å². The molecule has 6 heteroatoms. The molecule has 3 rings (SSSR count). The first-order valence-corrected chi connectivity index (χ1v) is 10.9. The molecule has 2 amide bonds. The largest absolute Gasteiger partial charge is 0.454 e. The summed E-state index contributed by atoms with van der Waals surface area (Å²) in [4.78, 5) is 27.7. The number of ether oxygens (including phenoxy) is 2. The summed E-state index contributed by atoms with van der Waals surface area (Å²) in [5, 5.41) is 3.00. The topological polar surface area (TPSA) is 67.9 Å². The van der Waals surface area contributed by atoms with Crippen LogP contribution in [0.15, 0.2) is 42.5 Å². The first-order chi connectivity index (χ1) is 14.9. The lowest BCUT2D eigenvalue weighted by molar-refractivity contribution is -0.140. The minimum Gasteiger partial charge on any atom is -0.454 e. The maximum Gasteiger partial charge on any atom is 0.242 e. The first kappa shape index (κ1) is 22.7. The molecule has 0 aliphatic carbocycles. The van der Waals surface area contributed by atoms with Gasteiger partial charge in [-0.3, -0.25) is 9.59 Å². The second kappa shape index (κ2) is 10.3. The minimum absolute atomic E-state index is 0.0500. The zero-order valence-corrected chi connectivity index (χ0v) is 18.8. The van der Waals surface area contributed by atoms with Crippen LogP contribution in [0.1, 0.15) is 50.3 Å². The lowest BCUT2D eigenvalue weighted by Crippen LogP contribution is -2.49. The molecule has 0 saturated carbocycles. The Kier molecular flexibility index (Phi) is 7.55. The fourth-order valence-electron chi connectivity index (χ4n) is 3.55. The van der Waals surface area contributed by atoms with Crippen LogP contribution in [0.3, 0.4) is 0 Å². The summed E-state index contributed by atoms with van der Waals surface area (Å²) in [6.07, 6.45) is 1.72. The molecule has 1 aliphatic heterocycles. The van der Waals surface area contributed by atoms with Crippen molar-refractivity contribution in [1.29, 1.82) is 0 Å². The SMILES string of the molecule is CCC(C)NC(=O)C(C)N(Cc1cccc(C)c1)C(=O)CCc1ccc2c(c1)OCO2. The van der Waals surface area contributed by atoms with Crippen molar-refractivity contribution < 1.29 is 19.1 Å². The van der Waals surface area contributed by atoms with Gasteiger partial charge in [-0.2, -0.15) is 0 Å². The maximum atomic E-state index is 13.2. The van der Waals surface area contributed by atoms with E-state index in [2.05, 4.69) is 11.4 Å². The number of nitrogens with zero attached hydrogens (tertiary/aromatic N) is 1. The van der Waals surface area contributed by atoms with Gasteiger partial charge in [-0.15, -0.1) is 0 Å². The summed E-state index contributed by atoms with van der Waals surface area (Å²) in [5.41, 5.74) is 3.14. The number of carbonyl (C=O) groups is 2. The Morgan fingerprint density at radius 2 is 1.84 bits per heavy atom. The zero-order chi connectivity index (χ0) is 22.4. The average Bonchev–Trinajstić information content (AvgIpc) is 3.23. The van der Waals surface area contributed by atoms with Gasteiger partial charge in [0.25, 0.3) is 0 Å². The Morgan fingerprint density at radius 3 is 2.58 bits per heavy atom. The van der Waals surface area contributed by atoms with Crippen molar-refractivity contribution in [3.63, 3.8) is 0 Å². The van der Waals surface area contributed by atoms with E-state index in [1.807, 2.05) is 57.2 Å². The van der Waals surface area contributed by atoms with Crippen LogP contribution in [0.4, 0.5) is 0 Å². The predicted molar refractivity (Wildman–Crippen MR) is 120 cm³/mol. The second-order valence-corrected chi connectivity index (χ2v) is 8.19. The van der Waals surface area contributed by atoms with Crippen molar-refractivity contribution in [1.82, 2.24) is 10.2 Å². The van der Waals surface area contributed by atoms with Crippen LogP contribution >= 0.6 is 0 Å². The Morgan fingerprint density at radius 1 is 1.06 bits per heavy atom. The van der Waals surface area contributed by atoms with Gasteiger partial charge in [-0.05, 0) is 56.9 Å². The molecule has 0 bridgehead atoms. The molecule has 6 nitrogen and oxygen atoms in total. The lowest BCUT2D eigenvalue weighted by Gasteiger charge is -2.30. The van der Waals surface area contributed by atoms with Gasteiger partial charge in [-0.1, -0.05) is 42.8 Å². The fourth-order valence-corrected chi connectivity index (χ4v) is 3.55. The molecule has 2 aromatic rings. The molecule has 0 aromatic heterocycles. The normalized spacial score (nSPS) is 14.1. The van der Waals surface area contributed by atoms with Crippen molar-refractivity contribution in [3.05, 3.63) is 59.2 Å². The van der Waals surface area contributed by atoms with E-state index in [9.17, 15) is 9.59 Å². The van der Waals surface area contributed by atoms with E-state index in [1.165, 1.54) is 0 Å². The van der Waals surface area contributed by atoms with Gasteiger partial charge in [0.15, 0.2) is 11.5 Å². The molecular formula is C25H32N2O4. The average molecular weight is 425 g/mol. The minimum atomic E-state index is -0.557. The van der Waals surface area contributed by atoms with Crippen LogP contribution in [-0.2, 0) is 22.6 Å². The maximum absolute atomic E-state index is 13.2. The molecule has 1 heterocycles. The van der Waals surface area contributed by atoms with Gasteiger partial charge in [0.05, 0.1) is 0 Å². The number of carbonyl (C=O) groups excluding carboxylic acids is 2. The molecule has 31 heavy (non-hydrogen) atoms. The monoisotopic (exact) mass is 424 g/mol. The van der Waals surface area contributed by atoms with Crippen molar-refractivity contribution in [2.75, 3.05) is 6.79 Å². The highest BCUT2D eigenvalue weighted by Crippen LogP contribution is 2.32. The number of hydrogen-bond acceptors (Lipinski definition) is 4. The van der Waals surface area contributed by atoms with Crippen molar-refractivity contribution in [3.8, 4) is 11.5 Å². The van der Waals surface area contributed by atoms with Crippen molar-refractivity contribution >= 4 is 11.8 Å². The lowest BCUT2D eigenvalue weighted by atomic mass is 10.1. The number of rotatable bonds is 9. The molecular weight excluding hydrogens is 392 g/mol. The van der Waals surface area contributed by atoms with Gasteiger partial charge in [0.1, 0.15) is 6.04 Å². The third-order valence-corrected chi connectivity index (χ3v) is 5.67. The summed E-state index contributed by atoms with van der Waals surface area (Å²) in [6, 6.07) is 13.3. The molecule has 0 fully saturated rings. The zero-order valence-electron chi connectivity index (χ0n) is 18.8. The molecule has 0 radical (unpaired) electrons. The van der Waals surface area contributed by atoms with Crippen molar-refractivity contribution in [2.45, 2.75) is 65.6 Å². The number of nitrogens with one attached hydrogen (secondary N) is 1. The van der Waals surface area contributed by atoms with Crippen LogP contribution < -0.4 is 14.8 Å². The molecule has 2 atom stereocenters. The molecule has 2 aromatic carbocycles. The number of hydrogen-bond donors (Lipinski definition) is 1. The predicted octanol–water partition coefficient (Wildman–Crippen LogP) is 3.99. The first-order valence-electron chi connectivity index (χ1n) is 10.9. The molecule has 1 aliphatic rings. The summed E-state index contributed by atoms with van der Waals surface area (Å²) in [5.74, 6) is 1.26. The molecule has 1 N–H and O–H groups in total. The van der Waals surface area contributed by atoms with Crippen LogP contribution in [0.5, 0.6) is 11.5 Å². The Balaban J connectivity index is 1.72. The summed E-state index contributed by atoms with van der Waals surface area (Å²) < 4.78 is 10.8. The highest BCUT2D eigenvalue weighted by Gasteiger charge is 2.26. The summed E-state index contributed by atoms with van der Waals surface area (Å²) in [6.45, 7) is 8.44. The molecule has 0 spiro atoms. The van der Waals surface area contributed by atoms with Crippen molar-refractivity contribution in [2.24, 2.45) is 0 Å². The Labute approximate surface area is 184 Å². The van der Waals surface area contributed by atoms with E-state index >= 15 is 0 Å². The number of aryl methyl sites for hydroxylation is 2. The van der Waals surface area contributed by atoms with E-state index in [0.717, 1.165) is 28.9 Å². The van der Waals surface area contributed by atoms with Crippen LogP contribution in [-0.4, -0.2) is 35.6 Å². The van der Waals surface area contributed by atoms with E-state index in [1.54, 1.807) is 11.8 Å². The smallest absolute Gasteiger partial charge is 0.242 e. The van der Waals surface area contributed by atoms with Gasteiger partial charge < -0.3 is 19.7 Å². The standard InChI is InChI=1S/C25H32N2O4/c1-5-18(3)26-25(29)19(4)27(15-21-8-6-7-17(2)13-21)24(28)12-10-20-9-11-22-23(14-20)31-16-30-22/h6-9,11,13-14,18-19H,5,10,12,15-16H2,1-4H3,(H,26,29). The third kappa shape index (κ3) is 6.00. The molecule has 166 valence electrons. The Hall–Kier alpha value is -3.02. The molecule has 2 unspecified atom stereocenters. The highest BCUT2D eigenvalue weighted by atomic mass is 16.7. The summed E-state index contributed by atoms with van der Waals surface area (Å²) in [7, 11) is 0. The van der Waals surface area contributed by atoms with Gasteiger partial charge in [0, 0.05) is 19.0 Å². The summed E-state index contributed by atoms with van der Waals surface area (Å²) >= 11 is 0. The van der Waals surface area contributed by atoms with Gasteiger partial charge in [0.2, 0.25) is 18.6 Å². The number of amides is 2. The quantitative estimate of drug-likeness (QED) is 0.661. The highest BCUT2D eigenvalue weighted by molar-refractivity contribution is 5.87. The fraction of sp³-hybridized carbons (Fsp3) is 0.440. The third-order valence-electron chi connectivity index (χ3n) is 5.67. The van der Waals surface area contributed by atoms with Gasteiger partial charge >= 0.3 is 0 Å².